The molecule has 0 aromatic heterocycles. The molecular weight excluding hydrogens is 304 g/mol. The number of carbonyl (C=O) groups is 2. The Labute approximate surface area is 143 Å². The number of nitrogens with zero attached hydrogens (tertiary/aromatic N) is 1. The highest BCUT2D eigenvalue weighted by molar-refractivity contribution is 6.40. The average Bonchev–Trinajstić information content (AvgIpc) is 2.39. The van der Waals surface area contributed by atoms with Crippen molar-refractivity contribution in [1.29, 1.82) is 0 Å². The fraction of sp³-hybridized carbons (Fsp3) is 0.556. The lowest BCUT2D eigenvalue weighted by molar-refractivity contribution is -0.156. The van der Waals surface area contributed by atoms with E-state index in [-0.39, 0.29) is 6.04 Å². The highest BCUT2D eigenvalue weighted by Gasteiger charge is 2.48. The Morgan fingerprint density at radius 1 is 1.17 bits per heavy atom. The van der Waals surface area contributed by atoms with E-state index in [0.29, 0.717) is 24.2 Å². The van der Waals surface area contributed by atoms with E-state index in [1.54, 1.807) is 17.0 Å². The number of anilines is 2. The molecular formula is C18H28N4O2. The van der Waals surface area contributed by atoms with Gasteiger partial charge in [-0.15, -0.1) is 0 Å². The van der Waals surface area contributed by atoms with Crippen LogP contribution in [0.5, 0.6) is 0 Å². The molecule has 0 spiro atoms. The zero-order valence-corrected chi connectivity index (χ0v) is 15.1. The van der Waals surface area contributed by atoms with Crippen molar-refractivity contribution in [2.75, 3.05) is 11.1 Å². The topological polar surface area (TPSA) is 101 Å². The molecule has 1 aromatic carbocycles. The minimum Gasteiger partial charge on any atom is -0.397 e. The fourth-order valence-corrected chi connectivity index (χ4v) is 3.96. The number of hydrogen-bond acceptors (Lipinski definition) is 4. The zero-order valence-electron chi connectivity index (χ0n) is 15.1. The van der Waals surface area contributed by atoms with E-state index >= 15 is 0 Å². The summed E-state index contributed by atoms with van der Waals surface area (Å²) in [6.07, 6.45) is 1.31. The summed E-state index contributed by atoms with van der Waals surface area (Å²) >= 11 is 0. The second-order valence-electron chi connectivity index (χ2n) is 7.98. The van der Waals surface area contributed by atoms with Gasteiger partial charge in [0.05, 0.1) is 11.4 Å². The molecule has 1 saturated heterocycles. The van der Waals surface area contributed by atoms with Gasteiger partial charge in [-0.2, -0.15) is 0 Å². The summed E-state index contributed by atoms with van der Waals surface area (Å²) in [5, 5.41) is 2.65. The molecule has 1 heterocycles. The number of nitrogens with two attached hydrogens (primary N) is 2. The monoisotopic (exact) mass is 332 g/mol. The van der Waals surface area contributed by atoms with Crippen molar-refractivity contribution in [3.05, 3.63) is 23.8 Å². The summed E-state index contributed by atoms with van der Waals surface area (Å²) in [4.78, 5) is 27.1. The van der Waals surface area contributed by atoms with Gasteiger partial charge in [0.1, 0.15) is 0 Å². The number of aryl methyl sites for hydroxylation is 1. The van der Waals surface area contributed by atoms with E-state index < -0.39 is 22.9 Å². The van der Waals surface area contributed by atoms with Gasteiger partial charge in [-0.3, -0.25) is 9.59 Å². The fourth-order valence-electron chi connectivity index (χ4n) is 3.96. The Morgan fingerprint density at radius 2 is 1.71 bits per heavy atom. The van der Waals surface area contributed by atoms with Crippen molar-refractivity contribution in [1.82, 2.24) is 4.90 Å². The maximum Gasteiger partial charge on any atom is 0.314 e. The number of nitrogens with one attached hydrogen (secondary N) is 1. The molecule has 6 nitrogen and oxygen atoms in total. The second kappa shape index (κ2) is 6.09. The molecule has 0 unspecified atom stereocenters. The van der Waals surface area contributed by atoms with Gasteiger partial charge < -0.3 is 21.7 Å². The number of rotatable bonds is 1. The van der Waals surface area contributed by atoms with Gasteiger partial charge in [0.2, 0.25) is 0 Å². The molecule has 24 heavy (non-hydrogen) atoms. The van der Waals surface area contributed by atoms with Crippen LogP contribution in [0.3, 0.4) is 0 Å². The van der Waals surface area contributed by atoms with Gasteiger partial charge in [0, 0.05) is 17.1 Å². The summed E-state index contributed by atoms with van der Waals surface area (Å²) in [7, 11) is 0. The Kier molecular flexibility index (Phi) is 4.63. The van der Waals surface area contributed by atoms with Crippen molar-refractivity contribution >= 4 is 23.2 Å². The summed E-state index contributed by atoms with van der Waals surface area (Å²) in [6, 6.07) is 5.33. The minimum absolute atomic E-state index is 0.00882. The van der Waals surface area contributed by atoms with Crippen LogP contribution in [0.4, 0.5) is 11.4 Å². The first-order valence-corrected chi connectivity index (χ1v) is 8.21. The lowest BCUT2D eigenvalue weighted by atomic mass is 9.77. The minimum atomic E-state index is -0.677. The molecule has 0 atom stereocenters. The molecule has 1 aliphatic rings. The van der Waals surface area contributed by atoms with Crippen molar-refractivity contribution in [2.24, 2.45) is 5.73 Å². The van der Waals surface area contributed by atoms with Gasteiger partial charge in [-0.25, -0.2) is 0 Å². The molecule has 0 saturated carbocycles. The van der Waals surface area contributed by atoms with Gasteiger partial charge in [0.15, 0.2) is 0 Å². The van der Waals surface area contributed by atoms with Crippen LogP contribution in [0, 0.1) is 6.92 Å². The molecule has 132 valence electrons. The normalized spacial score (nSPS) is 19.8. The maximum atomic E-state index is 12.9. The molecule has 0 radical (unpaired) electrons. The van der Waals surface area contributed by atoms with Crippen LogP contribution in [0.2, 0.25) is 0 Å². The number of carbonyl (C=O) groups excluding carboxylic acids is 2. The van der Waals surface area contributed by atoms with Crippen LogP contribution in [-0.4, -0.2) is 33.8 Å². The molecule has 5 N–H and O–H groups in total. The van der Waals surface area contributed by atoms with Crippen LogP contribution in [0.15, 0.2) is 18.2 Å². The molecule has 0 aliphatic carbocycles. The van der Waals surface area contributed by atoms with Crippen molar-refractivity contribution in [3.8, 4) is 0 Å². The molecule has 1 aliphatic heterocycles. The van der Waals surface area contributed by atoms with Crippen LogP contribution in [-0.2, 0) is 9.59 Å². The smallest absolute Gasteiger partial charge is 0.314 e. The Balaban J connectivity index is 2.26. The maximum absolute atomic E-state index is 12.9. The molecule has 0 bridgehead atoms. The van der Waals surface area contributed by atoms with Crippen molar-refractivity contribution in [2.45, 2.75) is 64.6 Å². The van der Waals surface area contributed by atoms with E-state index in [4.69, 9.17) is 11.5 Å². The predicted octanol–water partition coefficient (Wildman–Crippen LogP) is 2.02. The number of hydrogen-bond donors (Lipinski definition) is 3. The largest absolute Gasteiger partial charge is 0.397 e. The highest BCUT2D eigenvalue weighted by Crippen LogP contribution is 2.38. The van der Waals surface area contributed by atoms with Crippen LogP contribution in [0.25, 0.3) is 0 Å². The third kappa shape index (κ3) is 3.53. The number of amides is 2. The van der Waals surface area contributed by atoms with E-state index in [9.17, 15) is 9.59 Å². The summed E-state index contributed by atoms with van der Waals surface area (Å²) in [5.41, 5.74) is 12.9. The highest BCUT2D eigenvalue weighted by atomic mass is 16.2. The Bertz CT molecular complexity index is 649. The zero-order chi connectivity index (χ0) is 18.3. The van der Waals surface area contributed by atoms with Gasteiger partial charge >= 0.3 is 11.8 Å². The predicted molar refractivity (Wildman–Crippen MR) is 96.4 cm³/mol. The number of likely N-dealkylation sites (tertiary alicyclic amines) is 1. The summed E-state index contributed by atoms with van der Waals surface area (Å²) in [5.74, 6) is -1.23. The van der Waals surface area contributed by atoms with E-state index in [1.165, 1.54) is 0 Å². The lowest BCUT2D eigenvalue weighted by Gasteiger charge is -2.54. The van der Waals surface area contributed by atoms with Gasteiger partial charge in [-0.1, -0.05) is 6.07 Å². The third-order valence-corrected chi connectivity index (χ3v) is 4.59. The average molecular weight is 332 g/mol. The quantitative estimate of drug-likeness (QED) is 0.541. The molecule has 2 amide bonds. The number of benzene rings is 1. The van der Waals surface area contributed by atoms with Crippen molar-refractivity contribution in [3.63, 3.8) is 0 Å². The van der Waals surface area contributed by atoms with Crippen LogP contribution in [0.1, 0.15) is 46.1 Å². The third-order valence-electron chi connectivity index (χ3n) is 4.59. The van der Waals surface area contributed by atoms with E-state index in [2.05, 4.69) is 5.32 Å². The first-order chi connectivity index (χ1) is 10.9. The van der Waals surface area contributed by atoms with Crippen molar-refractivity contribution < 1.29 is 9.59 Å². The van der Waals surface area contributed by atoms with Crippen LogP contribution >= 0.6 is 0 Å². The SMILES string of the molecule is Cc1ccc(N)c(NC(=O)C(=O)N2C(C)(C)CC(N)CC2(C)C)c1. The van der Waals surface area contributed by atoms with Crippen LogP contribution < -0.4 is 16.8 Å². The second-order valence-corrected chi connectivity index (χ2v) is 7.98. The van der Waals surface area contributed by atoms with E-state index in [0.717, 1.165) is 5.56 Å². The van der Waals surface area contributed by atoms with Gasteiger partial charge in [0.25, 0.3) is 0 Å². The Hall–Kier alpha value is -2.08. The molecule has 1 aromatic rings. The standard InChI is InChI=1S/C18H28N4O2/c1-11-6-7-13(20)14(8-11)21-15(23)16(24)22-17(2,3)9-12(19)10-18(22,4)5/h6-8,12H,9-10,19-20H2,1-5H3,(H,21,23). The molecule has 6 heteroatoms. The Morgan fingerprint density at radius 3 is 2.25 bits per heavy atom. The lowest BCUT2D eigenvalue weighted by Crippen LogP contribution is -2.66. The molecule has 1 fully saturated rings. The molecule has 2 rings (SSSR count). The number of piperidine rings is 1. The van der Waals surface area contributed by atoms with Gasteiger partial charge in [-0.05, 0) is 65.2 Å². The first kappa shape index (κ1) is 18.3. The first-order valence-electron chi connectivity index (χ1n) is 8.21. The number of nitrogen functional groups attached to an aromatic ring is 1. The van der Waals surface area contributed by atoms with E-state index in [1.807, 2.05) is 40.7 Å². The summed E-state index contributed by atoms with van der Waals surface area (Å²) < 4.78 is 0. The summed E-state index contributed by atoms with van der Waals surface area (Å²) in [6.45, 7) is 9.68.